The largest absolute Gasteiger partial charge is 0.488 e. The lowest BCUT2D eigenvalue weighted by molar-refractivity contribution is 0.102. The Morgan fingerprint density at radius 1 is 1.32 bits per heavy atom. The molecule has 1 aliphatic rings. The van der Waals surface area contributed by atoms with Crippen LogP contribution in [0.25, 0.3) is 5.57 Å². The molecule has 1 unspecified atom stereocenters. The Morgan fingerprint density at radius 3 is 2.90 bits per heavy atom. The van der Waals surface area contributed by atoms with Gasteiger partial charge in [-0.25, -0.2) is 0 Å². The van der Waals surface area contributed by atoms with E-state index in [2.05, 4.69) is 35.2 Å². The van der Waals surface area contributed by atoms with Crippen molar-refractivity contribution in [3.63, 3.8) is 0 Å². The van der Waals surface area contributed by atoms with Gasteiger partial charge in [-0.1, -0.05) is 38.1 Å². The summed E-state index contributed by atoms with van der Waals surface area (Å²) in [5, 5.41) is 2.92. The maximum absolute atomic E-state index is 13.1. The van der Waals surface area contributed by atoms with Crippen LogP contribution in [0.15, 0.2) is 77.6 Å². The summed E-state index contributed by atoms with van der Waals surface area (Å²) in [6, 6.07) is 9.40. The van der Waals surface area contributed by atoms with Crippen LogP contribution < -0.4 is 10.1 Å². The highest BCUT2D eigenvalue weighted by Gasteiger charge is 2.19. The van der Waals surface area contributed by atoms with Gasteiger partial charge in [0, 0.05) is 24.9 Å². The van der Waals surface area contributed by atoms with Crippen molar-refractivity contribution in [3.8, 4) is 5.75 Å². The van der Waals surface area contributed by atoms with E-state index in [4.69, 9.17) is 4.74 Å². The molecule has 3 rings (SSSR count). The maximum Gasteiger partial charge on any atom is 0.259 e. The zero-order valence-corrected chi connectivity index (χ0v) is 18.3. The average molecular weight is 416 g/mol. The standard InChI is InChI=1S/C26H29N3O2/c1-4-6-8-20(5-2)18-31-25-11-10-21(23-12-14-28-16-19(23)3)15-24(25)26(30)29-22-9-7-13-27-17-22/h4,6-15,17,19H,5,16,18H2,1-3H3,(H,29,30). The monoisotopic (exact) mass is 415 g/mol. The molecule has 1 aliphatic heterocycles. The molecule has 0 bridgehead atoms. The average Bonchev–Trinajstić information content (AvgIpc) is 2.80. The molecule has 0 fully saturated rings. The van der Waals surface area contributed by atoms with Crippen LogP contribution in [0, 0.1) is 5.92 Å². The van der Waals surface area contributed by atoms with Gasteiger partial charge >= 0.3 is 0 Å². The molecule has 1 N–H and O–H groups in total. The molecule has 1 aromatic carbocycles. The van der Waals surface area contributed by atoms with Crippen molar-refractivity contribution in [1.29, 1.82) is 0 Å². The quantitative estimate of drug-likeness (QED) is 0.560. The molecule has 2 heterocycles. The fraction of sp³-hybridized carbons (Fsp3) is 0.269. The van der Waals surface area contributed by atoms with Crippen LogP contribution in [0.4, 0.5) is 5.69 Å². The van der Waals surface area contributed by atoms with Gasteiger partial charge in [-0.15, -0.1) is 0 Å². The van der Waals surface area contributed by atoms with Gasteiger partial charge in [-0.3, -0.25) is 14.8 Å². The minimum absolute atomic E-state index is 0.224. The van der Waals surface area contributed by atoms with Crippen LogP contribution in [0.2, 0.25) is 0 Å². The highest BCUT2D eigenvalue weighted by Crippen LogP contribution is 2.30. The number of ether oxygens (including phenoxy) is 1. The molecule has 1 amide bonds. The van der Waals surface area contributed by atoms with Crippen LogP contribution in [0.3, 0.4) is 0 Å². The molecule has 160 valence electrons. The number of amides is 1. The zero-order chi connectivity index (χ0) is 22.1. The van der Waals surface area contributed by atoms with Gasteiger partial charge in [0.1, 0.15) is 12.4 Å². The van der Waals surface area contributed by atoms with Crippen LogP contribution in [0.1, 0.15) is 43.1 Å². The smallest absolute Gasteiger partial charge is 0.259 e. The first-order valence-corrected chi connectivity index (χ1v) is 10.6. The lowest BCUT2D eigenvalue weighted by Crippen LogP contribution is -2.15. The molecular formula is C26H29N3O2. The Kier molecular flexibility index (Phi) is 7.93. The van der Waals surface area contributed by atoms with Crippen LogP contribution >= 0.6 is 0 Å². The van der Waals surface area contributed by atoms with Gasteiger partial charge in [0.25, 0.3) is 5.91 Å². The molecule has 0 aliphatic carbocycles. The van der Waals surface area contributed by atoms with Crippen molar-refractivity contribution >= 4 is 23.4 Å². The first-order valence-electron chi connectivity index (χ1n) is 10.6. The van der Waals surface area contributed by atoms with Crippen LogP contribution in [0.5, 0.6) is 5.75 Å². The number of carbonyl (C=O) groups is 1. The fourth-order valence-electron chi connectivity index (χ4n) is 3.31. The number of aromatic nitrogens is 1. The van der Waals surface area contributed by atoms with Crippen molar-refractivity contribution in [1.82, 2.24) is 4.98 Å². The number of pyridine rings is 1. The Bertz CT molecular complexity index is 1020. The lowest BCUT2D eigenvalue weighted by atomic mass is 9.91. The van der Waals surface area contributed by atoms with Gasteiger partial charge in [-0.05, 0) is 60.4 Å². The number of allylic oxidation sites excluding steroid dienone is 4. The van der Waals surface area contributed by atoms with E-state index in [0.717, 1.165) is 24.1 Å². The number of hydrogen-bond acceptors (Lipinski definition) is 4. The number of aliphatic imine (C=N–C) groups is 1. The van der Waals surface area contributed by atoms with E-state index in [1.807, 2.05) is 55.6 Å². The van der Waals surface area contributed by atoms with Crippen molar-refractivity contribution in [3.05, 3.63) is 83.7 Å². The topological polar surface area (TPSA) is 63.6 Å². The highest BCUT2D eigenvalue weighted by atomic mass is 16.5. The Morgan fingerprint density at radius 2 is 2.19 bits per heavy atom. The number of rotatable bonds is 8. The van der Waals surface area contributed by atoms with E-state index in [1.54, 1.807) is 18.5 Å². The second-order valence-electron chi connectivity index (χ2n) is 7.44. The Balaban J connectivity index is 1.92. The Labute approximate surface area is 184 Å². The van der Waals surface area contributed by atoms with Crippen LogP contribution in [-0.2, 0) is 0 Å². The maximum atomic E-state index is 13.1. The van der Waals surface area contributed by atoms with E-state index in [1.165, 1.54) is 5.57 Å². The molecule has 1 atom stereocenters. The van der Waals surface area contributed by atoms with Crippen LogP contribution in [-0.4, -0.2) is 30.3 Å². The number of nitrogens with zero attached hydrogens (tertiary/aromatic N) is 2. The molecule has 0 spiro atoms. The molecule has 0 saturated carbocycles. The van der Waals surface area contributed by atoms with E-state index < -0.39 is 0 Å². The zero-order valence-electron chi connectivity index (χ0n) is 18.3. The van der Waals surface area contributed by atoms with Gasteiger partial charge in [0.15, 0.2) is 0 Å². The summed E-state index contributed by atoms with van der Waals surface area (Å²) < 4.78 is 6.09. The number of anilines is 1. The summed E-state index contributed by atoms with van der Waals surface area (Å²) >= 11 is 0. The van der Waals surface area contributed by atoms with Crippen molar-refractivity contribution < 1.29 is 9.53 Å². The molecule has 0 radical (unpaired) electrons. The number of carbonyl (C=O) groups excluding carboxylic acids is 1. The van der Waals surface area contributed by atoms with E-state index in [-0.39, 0.29) is 5.91 Å². The number of benzene rings is 1. The van der Waals surface area contributed by atoms with Crippen molar-refractivity contribution in [2.45, 2.75) is 27.2 Å². The van der Waals surface area contributed by atoms with Gasteiger partial charge < -0.3 is 10.1 Å². The van der Waals surface area contributed by atoms with Gasteiger partial charge in [0.05, 0.1) is 17.4 Å². The third-order valence-corrected chi connectivity index (χ3v) is 5.14. The SMILES string of the molecule is CC=CC=C(CC)COc1ccc(C2=CC=NCC2C)cc1C(=O)Nc1cccnc1. The van der Waals surface area contributed by atoms with E-state index in [0.29, 0.717) is 29.5 Å². The molecule has 1 aromatic heterocycles. The molecule has 0 saturated heterocycles. The third-order valence-electron chi connectivity index (χ3n) is 5.14. The summed E-state index contributed by atoms with van der Waals surface area (Å²) in [6.45, 7) is 7.39. The minimum atomic E-state index is -0.224. The molecule has 2 aromatic rings. The first kappa shape index (κ1) is 22.2. The fourth-order valence-corrected chi connectivity index (χ4v) is 3.31. The Hall–Kier alpha value is -3.47. The van der Waals surface area contributed by atoms with E-state index >= 15 is 0 Å². The number of dihydropyridines is 1. The summed E-state index contributed by atoms with van der Waals surface area (Å²) in [6.07, 6.45) is 14.1. The minimum Gasteiger partial charge on any atom is -0.488 e. The molecule has 5 heteroatoms. The summed E-state index contributed by atoms with van der Waals surface area (Å²) in [5.41, 5.74) is 4.46. The molecular weight excluding hydrogens is 386 g/mol. The predicted molar refractivity (Wildman–Crippen MR) is 128 cm³/mol. The first-order chi connectivity index (χ1) is 15.1. The lowest BCUT2D eigenvalue weighted by Gasteiger charge is -2.19. The van der Waals surface area contributed by atoms with Crippen molar-refractivity contribution in [2.75, 3.05) is 18.5 Å². The summed E-state index contributed by atoms with van der Waals surface area (Å²) in [7, 11) is 0. The number of nitrogens with one attached hydrogen (secondary N) is 1. The van der Waals surface area contributed by atoms with Crippen molar-refractivity contribution in [2.24, 2.45) is 10.9 Å². The normalized spacial score (nSPS) is 16.3. The number of hydrogen-bond donors (Lipinski definition) is 1. The molecule has 31 heavy (non-hydrogen) atoms. The van der Waals surface area contributed by atoms with Gasteiger partial charge in [-0.2, -0.15) is 0 Å². The van der Waals surface area contributed by atoms with Gasteiger partial charge in [0.2, 0.25) is 0 Å². The predicted octanol–water partition coefficient (Wildman–Crippen LogP) is 5.73. The molecule has 5 nitrogen and oxygen atoms in total. The second-order valence-corrected chi connectivity index (χ2v) is 7.44. The van der Waals surface area contributed by atoms with E-state index in [9.17, 15) is 4.79 Å². The highest BCUT2D eigenvalue weighted by molar-refractivity contribution is 6.06. The second kappa shape index (κ2) is 11.1. The summed E-state index contributed by atoms with van der Waals surface area (Å²) in [4.78, 5) is 21.5. The third kappa shape index (κ3) is 6.01. The summed E-state index contributed by atoms with van der Waals surface area (Å²) in [5.74, 6) is 0.627.